The molecule has 0 aliphatic heterocycles. The molecular formula is C21H27NO2. The van der Waals surface area contributed by atoms with Gasteiger partial charge in [0.05, 0.1) is 6.04 Å². The van der Waals surface area contributed by atoms with Crippen LogP contribution in [0.1, 0.15) is 49.9 Å². The fraction of sp³-hybridized carbons (Fsp3) is 0.381. The minimum Gasteiger partial charge on any atom is -0.481 e. The Morgan fingerprint density at radius 2 is 1.75 bits per heavy atom. The Labute approximate surface area is 145 Å². The van der Waals surface area contributed by atoms with Crippen LogP contribution in [0.2, 0.25) is 0 Å². The van der Waals surface area contributed by atoms with Crippen molar-refractivity contribution in [2.24, 2.45) is 0 Å². The zero-order valence-electron chi connectivity index (χ0n) is 15.0. The van der Waals surface area contributed by atoms with Crippen LogP contribution >= 0.6 is 0 Å². The summed E-state index contributed by atoms with van der Waals surface area (Å²) >= 11 is 0. The highest BCUT2D eigenvalue weighted by Gasteiger charge is 2.20. The van der Waals surface area contributed by atoms with Crippen LogP contribution in [0, 0.1) is 6.92 Å². The summed E-state index contributed by atoms with van der Waals surface area (Å²) in [4.78, 5) is 12.5. The summed E-state index contributed by atoms with van der Waals surface area (Å²) in [6.07, 6.45) is 1.19. The molecule has 0 spiro atoms. The average Bonchev–Trinajstić information content (AvgIpc) is 2.60. The topological polar surface area (TPSA) is 38.3 Å². The molecule has 0 unspecified atom stereocenters. The lowest BCUT2D eigenvalue weighted by atomic mass is 10.0. The Hall–Kier alpha value is -2.29. The Kier molecular flexibility index (Phi) is 6.42. The lowest BCUT2D eigenvalue weighted by Gasteiger charge is -2.22. The van der Waals surface area contributed by atoms with E-state index in [1.165, 1.54) is 5.56 Å². The molecule has 0 aliphatic rings. The van der Waals surface area contributed by atoms with E-state index in [0.29, 0.717) is 0 Å². The van der Waals surface area contributed by atoms with E-state index < -0.39 is 6.10 Å². The van der Waals surface area contributed by atoms with E-state index in [1.54, 1.807) is 6.92 Å². The van der Waals surface area contributed by atoms with E-state index in [2.05, 4.69) is 50.4 Å². The van der Waals surface area contributed by atoms with Gasteiger partial charge in [0.25, 0.3) is 5.91 Å². The maximum Gasteiger partial charge on any atom is 0.261 e. The third kappa shape index (κ3) is 4.60. The van der Waals surface area contributed by atoms with E-state index in [4.69, 9.17) is 4.74 Å². The van der Waals surface area contributed by atoms with Crippen molar-refractivity contribution in [3.05, 3.63) is 65.2 Å². The van der Waals surface area contributed by atoms with E-state index in [9.17, 15) is 4.79 Å². The van der Waals surface area contributed by atoms with Gasteiger partial charge in [-0.15, -0.1) is 0 Å². The third-order valence-corrected chi connectivity index (χ3v) is 4.23. The van der Waals surface area contributed by atoms with Gasteiger partial charge < -0.3 is 10.1 Å². The molecule has 2 rings (SSSR count). The van der Waals surface area contributed by atoms with Gasteiger partial charge in [-0.05, 0) is 43.9 Å². The minimum atomic E-state index is -0.530. The number of carbonyl (C=O) groups is 1. The molecule has 0 aliphatic carbocycles. The quantitative estimate of drug-likeness (QED) is 0.808. The molecule has 0 saturated heterocycles. The molecular weight excluding hydrogens is 298 g/mol. The van der Waals surface area contributed by atoms with Crippen LogP contribution in [0.25, 0.3) is 0 Å². The zero-order chi connectivity index (χ0) is 17.5. The first-order valence-corrected chi connectivity index (χ1v) is 8.66. The molecule has 128 valence electrons. The van der Waals surface area contributed by atoms with E-state index in [-0.39, 0.29) is 11.9 Å². The van der Waals surface area contributed by atoms with E-state index >= 15 is 0 Å². The van der Waals surface area contributed by atoms with Crippen LogP contribution in [0.15, 0.2) is 48.5 Å². The van der Waals surface area contributed by atoms with Crippen molar-refractivity contribution in [1.29, 1.82) is 0 Å². The minimum absolute atomic E-state index is 0.00516. The van der Waals surface area contributed by atoms with Crippen molar-refractivity contribution < 1.29 is 9.53 Å². The van der Waals surface area contributed by atoms with Crippen molar-refractivity contribution in [3.8, 4) is 5.75 Å². The van der Waals surface area contributed by atoms with Gasteiger partial charge in [-0.3, -0.25) is 4.79 Å². The Morgan fingerprint density at radius 1 is 1.08 bits per heavy atom. The van der Waals surface area contributed by atoms with Crippen molar-refractivity contribution in [2.45, 2.75) is 52.7 Å². The smallest absolute Gasteiger partial charge is 0.261 e. The van der Waals surface area contributed by atoms with Gasteiger partial charge in [0, 0.05) is 0 Å². The van der Waals surface area contributed by atoms with Crippen molar-refractivity contribution in [3.63, 3.8) is 0 Å². The maximum absolute atomic E-state index is 12.5. The van der Waals surface area contributed by atoms with Crippen LogP contribution in [-0.2, 0) is 11.2 Å². The number of aryl methyl sites for hydroxylation is 2. The lowest BCUT2D eigenvalue weighted by molar-refractivity contribution is -0.128. The van der Waals surface area contributed by atoms with Gasteiger partial charge in [-0.1, -0.05) is 61.9 Å². The van der Waals surface area contributed by atoms with Crippen LogP contribution in [-0.4, -0.2) is 12.0 Å². The van der Waals surface area contributed by atoms with Gasteiger partial charge in [0.15, 0.2) is 6.10 Å². The first-order valence-electron chi connectivity index (χ1n) is 8.66. The standard InChI is InChI=1S/C21H27NO2/c1-5-17-9-7-8-10-20(17)24-16(4)21(23)22-19(6-2)18-13-11-15(3)12-14-18/h7-14,16,19H,5-6H2,1-4H3,(H,22,23)/t16-,19+/m0/s1. The number of carbonyl (C=O) groups excluding carboxylic acids is 1. The van der Waals surface area contributed by atoms with Crippen molar-refractivity contribution in [1.82, 2.24) is 5.32 Å². The number of benzene rings is 2. The molecule has 0 aromatic heterocycles. The Morgan fingerprint density at radius 3 is 2.38 bits per heavy atom. The van der Waals surface area contributed by atoms with Crippen LogP contribution in [0.4, 0.5) is 0 Å². The fourth-order valence-electron chi connectivity index (χ4n) is 2.66. The molecule has 1 N–H and O–H groups in total. The monoisotopic (exact) mass is 325 g/mol. The zero-order valence-corrected chi connectivity index (χ0v) is 15.0. The van der Waals surface area contributed by atoms with Crippen molar-refractivity contribution in [2.75, 3.05) is 0 Å². The largest absolute Gasteiger partial charge is 0.481 e. The summed E-state index contributed by atoms with van der Waals surface area (Å²) in [5.74, 6) is 0.694. The highest BCUT2D eigenvalue weighted by atomic mass is 16.5. The third-order valence-electron chi connectivity index (χ3n) is 4.23. The van der Waals surface area contributed by atoms with Gasteiger partial charge >= 0.3 is 0 Å². The number of ether oxygens (including phenoxy) is 1. The molecule has 0 heterocycles. The van der Waals surface area contributed by atoms with E-state index in [1.807, 2.05) is 24.3 Å². The normalized spacial score (nSPS) is 13.2. The summed E-state index contributed by atoms with van der Waals surface area (Å²) in [7, 11) is 0. The fourth-order valence-corrected chi connectivity index (χ4v) is 2.66. The van der Waals surface area contributed by atoms with Crippen LogP contribution in [0.5, 0.6) is 5.75 Å². The molecule has 1 amide bonds. The molecule has 3 nitrogen and oxygen atoms in total. The Bertz CT molecular complexity index is 664. The molecule has 0 radical (unpaired) electrons. The first-order chi connectivity index (χ1) is 11.5. The summed E-state index contributed by atoms with van der Waals surface area (Å²) in [6, 6.07) is 16.2. The molecule has 2 atom stereocenters. The lowest BCUT2D eigenvalue weighted by Crippen LogP contribution is -2.38. The molecule has 2 aromatic carbocycles. The SMILES string of the molecule is CCc1ccccc1O[C@@H](C)C(=O)N[C@H](CC)c1ccc(C)cc1. The predicted octanol–water partition coefficient (Wildman–Crippen LogP) is 4.59. The van der Waals surface area contributed by atoms with Gasteiger partial charge in [-0.2, -0.15) is 0 Å². The van der Waals surface area contributed by atoms with Crippen LogP contribution < -0.4 is 10.1 Å². The highest BCUT2D eigenvalue weighted by Crippen LogP contribution is 2.21. The van der Waals surface area contributed by atoms with Gasteiger partial charge in [0.2, 0.25) is 0 Å². The van der Waals surface area contributed by atoms with Gasteiger partial charge in [-0.25, -0.2) is 0 Å². The molecule has 24 heavy (non-hydrogen) atoms. The summed E-state index contributed by atoms with van der Waals surface area (Å²) in [6.45, 7) is 8.01. The first kappa shape index (κ1) is 18.1. The average molecular weight is 325 g/mol. The highest BCUT2D eigenvalue weighted by molar-refractivity contribution is 5.81. The number of nitrogens with one attached hydrogen (secondary N) is 1. The van der Waals surface area contributed by atoms with E-state index in [0.717, 1.165) is 29.7 Å². The number of rotatable bonds is 7. The number of amides is 1. The van der Waals surface area contributed by atoms with Gasteiger partial charge in [0.1, 0.15) is 5.75 Å². The number of hydrogen-bond acceptors (Lipinski definition) is 2. The predicted molar refractivity (Wildman–Crippen MR) is 98.3 cm³/mol. The maximum atomic E-state index is 12.5. The summed E-state index contributed by atoms with van der Waals surface area (Å²) in [5.41, 5.74) is 3.45. The second-order valence-corrected chi connectivity index (χ2v) is 6.10. The second kappa shape index (κ2) is 8.53. The number of hydrogen-bond donors (Lipinski definition) is 1. The molecule has 0 saturated carbocycles. The summed E-state index contributed by atoms with van der Waals surface area (Å²) in [5, 5.41) is 3.10. The molecule has 0 fully saturated rings. The Balaban J connectivity index is 2.03. The van der Waals surface area contributed by atoms with Crippen molar-refractivity contribution >= 4 is 5.91 Å². The molecule has 3 heteroatoms. The number of para-hydroxylation sites is 1. The second-order valence-electron chi connectivity index (χ2n) is 6.10. The molecule has 2 aromatic rings. The van der Waals surface area contributed by atoms with Crippen LogP contribution in [0.3, 0.4) is 0 Å². The summed E-state index contributed by atoms with van der Waals surface area (Å²) < 4.78 is 5.89. The molecule has 0 bridgehead atoms.